The van der Waals surface area contributed by atoms with Gasteiger partial charge in [-0.1, -0.05) is 79.4 Å². The van der Waals surface area contributed by atoms with Crippen LogP contribution in [0.2, 0.25) is 0 Å². The van der Waals surface area contributed by atoms with Gasteiger partial charge in [0.15, 0.2) is 5.60 Å². The van der Waals surface area contributed by atoms with E-state index in [1.165, 1.54) is 0 Å². The van der Waals surface area contributed by atoms with Gasteiger partial charge in [0.05, 0.1) is 0 Å². The summed E-state index contributed by atoms with van der Waals surface area (Å²) in [5.74, 6) is 5.97. The van der Waals surface area contributed by atoms with E-state index in [-0.39, 0.29) is 0 Å². The maximum Gasteiger partial charge on any atom is 0.176 e. The van der Waals surface area contributed by atoms with Gasteiger partial charge in [-0.3, -0.25) is 0 Å². The van der Waals surface area contributed by atoms with Crippen LogP contribution >= 0.6 is 0 Å². The monoisotopic (exact) mass is 236 g/mol. The van der Waals surface area contributed by atoms with E-state index < -0.39 is 5.60 Å². The molecule has 0 aliphatic carbocycles. The second-order valence-corrected chi connectivity index (χ2v) is 4.10. The molecule has 0 radical (unpaired) electrons. The molecule has 0 atom stereocenters. The molecular weight excluding hydrogens is 220 g/mol. The Balaban J connectivity index is 2.55. The number of benzene rings is 2. The fourth-order valence-electron chi connectivity index (χ4n) is 1.89. The third-order valence-corrected chi connectivity index (χ3v) is 2.83. The van der Waals surface area contributed by atoms with E-state index in [4.69, 9.17) is 0 Å². The first-order chi connectivity index (χ1) is 8.77. The van der Waals surface area contributed by atoms with Crippen molar-refractivity contribution < 1.29 is 5.11 Å². The Morgan fingerprint density at radius 2 is 1.33 bits per heavy atom. The van der Waals surface area contributed by atoms with Gasteiger partial charge in [-0.05, 0) is 0 Å². The first-order valence-electron chi connectivity index (χ1n) is 6.11. The van der Waals surface area contributed by atoms with Gasteiger partial charge in [-0.25, -0.2) is 0 Å². The minimum absolute atomic E-state index is 0.724. The largest absolute Gasteiger partial charge is 0.369 e. The van der Waals surface area contributed by atoms with Crippen molar-refractivity contribution in [3.05, 3.63) is 71.8 Å². The van der Waals surface area contributed by atoms with E-state index in [9.17, 15) is 5.11 Å². The first-order valence-corrected chi connectivity index (χ1v) is 6.11. The quantitative estimate of drug-likeness (QED) is 0.793. The standard InChI is InChI=1S/C17H16O/c1-2-3-14-17(18,15-10-6-4-7-11-15)16-12-8-5-9-13-16/h4-13,18H,2H2,1H3. The summed E-state index contributed by atoms with van der Waals surface area (Å²) in [7, 11) is 0. The van der Waals surface area contributed by atoms with Crippen LogP contribution in [0.4, 0.5) is 0 Å². The van der Waals surface area contributed by atoms with Crippen molar-refractivity contribution in [2.45, 2.75) is 18.9 Å². The predicted molar refractivity (Wildman–Crippen MR) is 73.9 cm³/mol. The molecule has 2 rings (SSSR count). The SMILES string of the molecule is CCC#CC(O)(c1ccccc1)c1ccccc1. The first kappa shape index (κ1) is 12.4. The topological polar surface area (TPSA) is 20.2 Å². The molecule has 1 heteroatoms. The van der Waals surface area contributed by atoms with Crippen molar-refractivity contribution in [2.75, 3.05) is 0 Å². The van der Waals surface area contributed by atoms with Crippen LogP contribution in [0.3, 0.4) is 0 Å². The summed E-state index contributed by atoms with van der Waals surface area (Å²) in [6.45, 7) is 1.98. The Bertz CT molecular complexity index is 507. The van der Waals surface area contributed by atoms with Gasteiger partial charge in [0.2, 0.25) is 0 Å². The van der Waals surface area contributed by atoms with E-state index in [1.54, 1.807) is 0 Å². The zero-order valence-corrected chi connectivity index (χ0v) is 10.4. The zero-order valence-electron chi connectivity index (χ0n) is 10.4. The maximum absolute atomic E-state index is 10.9. The molecule has 1 nitrogen and oxygen atoms in total. The molecule has 0 aromatic heterocycles. The van der Waals surface area contributed by atoms with Crippen molar-refractivity contribution in [2.24, 2.45) is 0 Å². The second-order valence-electron chi connectivity index (χ2n) is 4.10. The lowest BCUT2D eigenvalue weighted by atomic mass is 9.87. The summed E-state index contributed by atoms with van der Waals surface area (Å²) in [5, 5.41) is 10.9. The van der Waals surface area contributed by atoms with Crippen molar-refractivity contribution >= 4 is 0 Å². The Morgan fingerprint density at radius 3 is 1.72 bits per heavy atom. The fourth-order valence-corrected chi connectivity index (χ4v) is 1.89. The molecule has 0 saturated carbocycles. The van der Waals surface area contributed by atoms with Crippen LogP contribution < -0.4 is 0 Å². The third-order valence-electron chi connectivity index (χ3n) is 2.83. The van der Waals surface area contributed by atoms with Crippen LogP contribution in [0.1, 0.15) is 24.5 Å². The Kier molecular flexibility index (Phi) is 3.82. The molecular formula is C17H16O. The highest BCUT2D eigenvalue weighted by atomic mass is 16.3. The summed E-state index contributed by atoms with van der Waals surface area (Å²) < 4.78 is 0. The van der Waals surface area contributed by atoms with Crippen LogP contribution in [-0.4, -0.2) is 5.11 Å². The lowest BCUT2D eigenvalue weighted by Crippen LogP contribution is -2.25. The summed E-state index contributed by atoms with van der Waals surface area (Å²) in [5.41, 5.74) is 0.382. The molecule has 0 aliphatic rings. The van der Waals surface area contributed by atoms with Crippen molar-refractivity contribution in [1.82, 2.24) is 0 Å². The van der Waals surface area contributed by atoms with E-state index >= 15 is 0 Å². The number of aliphatic hydroxyl groups is 1. The zero-order chi connectivity index (χ0) is 12.8. The van der Waals surface area contributed by atoms with Crippen LogP contribution in [0.25, 0.3) is 0 Å². The molecule has 2 aromatic rings. The Hall–Kier alpha value is -2.04. The normalized spacial score (nSPS) is 10.6. The molecule has 1 N–H and O–H groups in total. The lowest BCUT2D eigenvalue weighted by molar-refractivity contribution is 0.145. The van der Waals surface area contributed by atoms with E-state index in [1.807, 2.05) is 67.6 Å². The predicted octanol–water partition coefficient (Wildman–Crippen LogP) is 3.34. The average Bonchev–Trinajstić information content (AvgIpc) is 2.46. The molecule has 0 spiro atoms. The molecule has 0 bridgehead atoms. The average molecular weight is 236 g/mol. The lowest BCUT2D eigenvalue weighted by Gasteiger charge is -2.23. The molecule has 0 heterocycles. The summed E-state index contributed by atoms with van der Waals surface area (Å²) in [4.78, 5) is 0. The summed E-state index contributed by atoms with van der Waals surface area (Å²) in [6.07, 6.45) is 0.724. The van der Waals surface area contributed by atoms with Gasteiger partial charge < -0.3 is 5.11 Å². The second kappa shape index (κ2) is 5.53. The van der Waals surface area contributed by atoms with E-state index in [0.29, 0.717) is 0 Å². The van der Waals surface area contributed by atoms with Gasteiger partial charge >= 0.3 is 0 Å². The molecule has 0 saturated heterocycles. The molecule has 2 aromatic carbocycles. The highest BCUT2D eigenvalue weighted by molar-refractivity contribution is 5.44. The fraction of sp³-hybridized carbons (Fsp3) is 0.176. The minimum Gasteiger partial charge on any atom is -0.369 e. The summed E-state index contributed by atoms with van der Waals surface area (Å²) >= 11 is 0. The van der Waals surface area contributed by atoms with Crippen molar-refractivity contribution in [3.8, 4) is 11.8 Å². The van der Waals surface area contributed by atoms with Crippen molar-refractivity contribution in [1.29, 1.82) is 0 Å². The highest BCUT2D eigenvalue weighted by Crippen LogP contribution is 2.28. The van der Waals surface area contributed by atoms with E-state index in [2.05, 4.69) is 11.8 Å². The van der Waals surface area contributed by atoms with Gasteiger partial charge in [0, 0.05) is 17.5 Å². The van der Waals surface area contributed by atoms with Crippen LogP contribution in [0.5, 0.6) is 0 Å². The van der Waals surface area contributed by atoms with Gasteiger partial charge in [0.25, 0.3) is 0 Å². The number of hydrogen-bond acceptors (Lipinski definition) is 1. The smallest absolute Gasteiger partial charge is 0.176 e. The van der Waals surface area contributed by atoms with Crippen LogP contribution in [0.15, 0.2) is 60.7 Å². The van der Waals surface area contributed by atoms with Crippen LogP contribution in [0, 0.1) is 11.8 Å². The van der Waals surface area contributed by atoms with Gasteiger partial charge in [-0.15, -0.1) is 0 Å². The maximum atomic E-state index is 10.9. The van der Waals surface area contributed by atoms with Gasteiger partial charge in [-0.2, -0.15) is 0 Å². The van der Waals surface area contributed by atoms with E-state index in [0.717, 1.165) is 17.5 Å². The molecule has 0 amide bonds. The molecule has 0 fully saturated rings. The third kappa shape index (κ3) is 2.45. The van der Waals surface area contributed by atoms with Gasteiger partial charge in [0.1, 0.15) is 0 Å². The number of rotatable bonds is 2. The number of hydrogen-bond donors (Lipinski definition) is 1. The molecule has 0 unspecified atom stereocenters. The Labute approximate surface area is 108 Å². The molecule has 18 heavy (non-hydrogen) atoms. The Morgan fingerprint density at radius 1 is 0.889 bits per heavy atom. The van der Waals surface area contributed by atoms with Crippen LogP contribution in [-0.2, 0) is 5.60 Å². The molecule has 0 aliphatic heterocycles. The minimum atomic E-state index is -1.22. The summed E-state index contributed by atoms with van der Waals surface area (Å²) in [6, 6.07) is 19.1. The molecule has 90 valence electrons. The van der Waals surface area contributed by atoms with Crippen molar-refractivity contribution in [3.63, 3.8) is 0 Å². The highest BCUT2D eigenvalue weighted by Gasteiger charge is 2.28.